The van der Waals surface area contributed by atoms with E-state index in [1.54, 1.807) is 6.20 Å². The number of hydrogen-bond donors (Lipinski definition) is 2. The van der Waals surface area contributed by atoms with E-state index in [4.69, 9.17) is 10.5 Å². The van der Waals surface area contributed by atoms with Crippen LogP contribution in [0.3, 0.4) is 0 Å². The maximum atomic E-state index is 13.5. The molecule has 94 valence electrons. The van der Waals surface area contributed by atoms with Gasteiger partial charge in [0.2, 0.25) is 0 Å². The monoisotopic (exact) mass is 311 g/mol. The summed E-state index contributed by atoms with van der Waals surface area (Å²) in [6, 6.07) is 2.79. The Hall–Kier alpha value is -1.56. The maximum Gasteiger partial charge on any atom is 0.142 e. The number of nitrogen functional groups attached to an aromatic ring is 1. The number of nitrogens with one attached hydrogen (secondary N) is 1. The minimum absolute atomic E-state index is 0.221. The third kappa shape index (κ3) is 2.08. The number of nitrogens with zero attached hydrogens (tertiary/aromatic N) is 1. The van der Waals surface area contributed by atoms with Gasteiger partial charge in [-0.3, -0.25) is 5.10 Å². The van der Waals surface area contributed by atoms with Gasteiger partial charge in [0, 0.05) is 11.1 Å². The molecule has 1 aromatic carbocycles. The number of H-pyrrole nitrogens is 1. The fourth-order valence-electron chi connectivity index (χ4n) is 1.74. The third-order valence-corrected chi connectivity index (χ3v) is 3.37. The molecule has 0 aliphatic heterocycles. The van der Waals surface area contributed by atoms with E-state index >= 15 is 0 Å². The van der Waals surface area contributed by atoms with E-state index in [9.17, 15) is 4.39 Å². The van der Waals surface area contributed by atoms with Crippen LogP contribution in [0.5, 0.6) is 5.75 Å². The molecule has 18 heavy (non-hydrogen) atoms. The number of ether oxygens (including phenoxy) is 1. The van der Waals surface area contributed by atoms with Gasteiger partial charge in [-0.1, -0.05) is 0 Å². The van der Waals surface area contributed by atoms with Gasteiger partial charge < -0.3 is 10.5 Å². The lowest BCUT2D eigenvalue weighted by molar-refractivity contribution is 0.302. The standard InChI is InChI=1S/C12H11BrFN3O/c13-10-4-6(14)3-8(9-5-16-17-12(9)15)11(10)18-7-1-2-7/h3-5,7H,1-2H2,(H3,15,16,17). The first-order valence-electron chi connectivity index (χ1n) is 5.60. The van der Waals surface area contributed by atoms with Crippen molar-refractivity contribution in [3.63, 3.8) is 0 Å². The van der Waals surface area contributed by atoms with Crippen molar-refractivity contribution in [3.05, 3.63) is 28.6 Å². The molecule has 3 rings (SSSR count). The van der Waals surface area contributed by atoms with E-state index in [0.717, 1.165) is 12.8 Å². The quantitative estimate of drug-likeness (QED) is 0.915. The molecule has 1 heterocycles. The van der Waals surface area contributed by atoms with Crippen molar-refractivity contribution in [2.24, 2.45) is 0 Å². The van der Waals surface area contributed by atoms with Crippen LogP contribution in [0.25, 0.3) is 11.1 Å². The van der Waals surface area contributed by atoms with E-state index in [2.05, 4.69) is 26.1 Å². The molecule has 1 aliphatic carbocycles. The molecule has 1 aromatic heterocycles. The topological polar surface area (TPSA) is 63.9 Å². The van der Waals surface area contributed by atoms with Crippen molar-refractivity contribution in [3.8, 4) is 16.9 Å². The molecule has 0 radical (unpaired) electrons. The normalized spacial score (nSPS) is 14.8. The second-order valence-electron chi connectivity index (χ2n) is 4.28. The Kier molecular flexibility index (Phi) is 2.74. The molecular weight excluding hydrogens is 301 g/mol. The summed E-state index contributed by atoms with van der Waals surface area (Å²) >= 11 is 3.33. The van der Waals surface area contributed by atoms with E-state index in [1.165, 1.54) is 12.1 Å². The second-order valence-corrected chi connectivity index (χ2v) is 5.13. The molecule has 4 nitrogen and oxygen atoms in total. The highest BCUT2D eigenvalue weighted by atomic mass is 79.9. The van der Waals surface area contributed by atoms with Crippen LogP contribution in [0.4, 0.5) is 10.2 Å². The van der Waals surface area contributed by atoms with Gasteiger partial charge in [0.05, 0.1) is 16.8 Å². The Balaban J connectivity index is 2.13. The first-order chi connectivity index (χ1) is 8.65. The number of aromatic nitrogens is 2. The SMILES string of the molecule is Nc1[nH]ncc1-c1cc(F)cc(Br)c1OC1CC1. The van der Waals surface area contributed by atoms with E-state index in [0.29, 0.717) is 27.2 Å². The van der Waals surface area contributed by atoms with Crippen LogP contribution < -0.4 is 10.5 Å². The number of hydrogen-bond acceptors (Lipinski definition) is 3. The highest BCUT2D eigenvalue weighted by Crippen LogP contribution is 2.41. The summed E-state index contributed by atoms with van der Waals surface area (Å²) < 4.78 is 19.9. The highest BCUT2D eigenvalue weighted by molar-refractivity contribution is 9.10. The van der Waals surface area contributed by atoms with Crippen LogP contribution in [-0.2, 0) is 0 Å². The zero-order valence-corrected chi connectivity index (χ0v) is 11.0. The van der Waals surface area contributed by atoms with Gasteiger partial charge in [-0.25, -0.2) is 4.39 Å². The van der Waals surface area contributed by atoms with Gasteiger partial charge in [-0.05, 0) is 40.9 Å². The largest absolute Gasteiger partial charge is 0.489 e. The van der Waals surface area contributed by atoms with Gasteiger partial charge in [-0.15, -0.1) is 0 Å². The summed E-state index contributed by atoms with van der Waals surface area (Å²) in [4.78, 5) is 0. The van der Waals surface area contributed by atoms with Crippen molar-refractivity contribution in [1.82, 2.24) is 10.2 Å². The van der Waals surface area contributed by atoms with Crippen LogP contribution in [0.1, 0.15) is 12.8 Å². The predicted molar refractivity (Wildman–Crippen MR) is 69.7 cm³/mol. The molecule has 0 amide bonds. The first-order valence-corrected chi connectivity index (χ1v) is 6.39. The summed E-state index contributed by atoms with van der Waals surface area (Å²) in [5.41, 5.74) is 7.03. The summed E-state index contributed by atoms with van der Waals surface area (Å²) in [6.07, 6.45) is 3.85. The van der Waals surface area contributed by atoms with Crippen molar-refractivity contribution in [2.75, 3.05) is 5.73 Å². The average Bonchev–Trinajstić information content (AvgIpc) is 3.03. The highest BCUT2D eigenvalue weighted by Gasteiger charge is 2.27. The molecule has 0 unspecified atom stereocenters. The van der Waals surface area contributed by atoms with Gasteiger partial charge in [-0.2, -0.15) is 5.10 Å². The van der Waals surface area contributed by atoms with Crippen LogP contribution in [0.2, 0.25) is 0 Å². The molecular formula is C12H11BrFN3O. The van der Waals surface area contributed by atoms with Crippen LogP contribution >= 0.6 is 15.9 Å². The number of rotatable bonds is 3. The molecule has 3 N–H and O–H groups in total. The summed E-state index contributed by atoms with van der Waals surface area (Å²) in [6.45, 7) is 0. The lowest BCUT2D eigenvalue weighted by Crippen LogP contribution is -2.00. The molecule has 6 heteroatoms. The second kappa shape index (κ2) is 4.28. The molecule has 0 bridgehead atoms. The van der Waals surface area contributed by atoms with Gasteiger partial charge in [0.15, 0.2) is 0 Å². The van der Waals surface area contributed by atoms with Crippen molar-refractivity contribution in [1.29, 1.82) is 0 Å². The summed E-state index contributed by atoms with van der Waals surface area (Å²) in [7, 11) is 0. The van der Waals surface area contributed by atoms with Crippen molar-refractivity contribution < 1.29 is 9.13 Å². The van der Waals surface area contributed by atoms with Crippen LogP contribution in [0, 0.1) is 5.82 Å². The van der Waals surface area contributed by atoms with Crippen molar-refractivity contribution in [2.45, 2.75) is 18.9 Å². The van der Waals surface area contributed by atoms with Crippen molar-refractivity contribution >= 4 is 21.7 Å². The van der Waals surface area contributed by atoms with Gasteiger partial charge in [0.1, 0.15) is 17.4 Å². The first kappa shape index (κ1) is 11.5. The molecule has 0 saturated heterocycles. The molecule has 1 saturated carbocycles. The Bertz CT molecular complexity index is 595. The predicted octanol–water partition coefficient (Wildman–Crippen LogP) is 3.10. The number of halogens is 2. The molecule has 0 atom stereocenters. The van der Waals surface area contributed by atoms with Gasteiger partial charge >= 0.3 is 0 Å². The molecule has 2 aromatic rings. The van der Waals surface area contributed by atoms with Crippen LogP contribution in [0.15, 0.2) is 22.8 Å². The third-order valence-electron chi connectivity index (χ3n) is 2.78. The maximum absolute atomic E-state index is 13.5. The minimum Gasteiger partial charge on any atom is -0.489 e. The fourth-order valence-corrected chi connectivity index (χ4v) is 2.27. The molecule has 1 fully saturated rings. The molecule has 1 aliphatic rings. The Morgan fingerprint density at radius 2 is 2.17 bits per heavy atom. The van der Waals surface area contributed by atoms with E-state index in [1.807, 2.05) is 0 Å². The zero-order valence-electron chi connectivity index (χ0n) is 9.41. The lowest BCUT2D eigenvalue weighted by Gasteiger charge is -2.12. The average molecular weight is 312 g/mol. The van der Waals surface area contributed by atoms with Gasteiger partial charge in [0.25, 0.3) is 0 Å². The fraction of sp³-hybridized carbons (Fsp3) is 0.250. The zero-order chi connectivity index (χ0) is 12.7. The van der Waals surface area contributed by atoms with Crippen LogP contribution in [-0.4, -0.2) is 16.3 Å². The Morgan fingerprint density at radius 1 is 1.39 bits per heavy atom. The van der Waals surface area contributed by atoms with E-state index < -0.39 is 0 Å². The minimum atomic E-state index is -0.347. The smallest absolute Gasteiger partial charge is 0.142 e. The Labute approximate surface area is 111 Å². The number of anilines is 1. The Morgan fingerprint density at radius 3 is 2.78 bits per heavy atom. The number of nitrogens with two attached hydrogens (primary N) is 1. The number of aromatic amines is 1. The number of benzene rings is 1. The van der Waals surface area contributed by atoms with E-state index in [-0.39, 0.29) is 11.9 Å². The lowest BCUT2D eigenvalue weighted by atomic mass is 10.1. The summed E-state index contributed by atoms with van der Waals surface area (Å²) in [5, 5.41) is 6.49. The summed E-state index contributed by atoms with van der Waals surface area (Å²) in [5.74, 6) is 0.667. The molecule has 0 spiro atoms.